The van der Waals surface area contributed by atoms with Crippen molar-refractivity contribution in [3.05, 3.63) is 11.8 Å². The monoisotopic (exact) mass is 323 g/mol. The van der Waals surface area contributed by atoms with Gasteiger partial charge in [0.25, 0.3) is 0 Å². The molecular weight excluding hydrogens is 298 g/mol. The van der Waals surface area contributed by atoms with Crippen LogP contribution in [0.15, 0.2) is 10.6 Å². The molecule has 1 unspecified atom stereocenters. The van der Waals surface area contributed by atoms with Gasteiger partial charge in [-0.05, 0) is 20.3 Å². The first-order chi connectivity index (χ1) is 10.5. The number of carboxylic acid groups (broad SMARTS) is 1. The Morgan fingerprint density at radius 2 is 1.96 bits per heavy atom. The summed E-state index contributed by atoms with van der Waals surface area (Å²) in [5, 5.41) is 13.6. The first-order valence-electron chi connectivity index (χ1n) is 7.71. The third-order valence-electron chi connectivity index (χ3n) is 4.47. The molecule has 7 nitrogen and oxygen atoms in total. The average Bonchev–Trinajstić information content (AvgIpc) is 2.90. The Kier molecular flexibility index (Phi) is 4.17. The number of anilines is 1. The number of hydrogen-bond acceptors (Lipinski definition) is 4. The normalized spacial score (nSPS) is 20.1. The van der Waals surface area contributed by atoms with Gasteiger partial charge in [-0.25, -0.2) is 4.79 Å². The maximum absolute atomic E-state index is 12.6. The number of aliphatic carboxylic acids is 1. The number of nitrogens with zero attached hydrogens (tertiary/aromatic N) is 3. The first kappa shape index (κ1) is 17.3. The topological polar surface area (TPSA) is 86.9 Å². The van der Waals surface area contributed by atoms with E-state index >= 15 is 0 Å². The minimum Gasteiger partial charge on any atom is -0.481 e. The number of hydrogen-bond donors (Lipinski definition) is 1. The van der Waals surface area contributed by atoms with Crippen molar-refractivity contribution < 1.29 is 19.2 Å². The zero-order valence-corrected chi connectivity index (χ0v) is 14.6. The molecule has 23 heavy (non-hydrogen) atoms. The van der Waals surface area contributed by atoms with Crippen LogP contribution in [0.2, 0.25) is 0 Å². The highest BCUT2D eigenvalue weighted by atomic mass is 16.5. The van der Waals surface area contributed by atoms with Crippen molar-refractivity contribution in [3.63, 3.8) is 0 Å². The van der Waals surface area contributed by atoms with Gasteiger partial charge in [0, 0.05) is 25.1 Å². The highest BCUT2D eigenvalue weighted by Gasteiger charge is 2.47. The second-order valence-corrected chi connectivity index (χ2v) is 7.71. The number of aromatic nitrogens is 1. The minimum absolute atomic E-state index is 0.218. The summed E-state index contributed by atoms with van der Waals surface area (Å²) in [6.07, 6.45) is 0.549. The zero-order chi connectivity index (χ0) is 17.6. The second kappa shape index (κ2) is 5.54. The first-order valence-corrected chi connectivity index (χ1v) is 7.71. The number of amides is 2. The molecule has 0 saturated carbocycles. The van der Waals surface area contributed by atoms with Crippen molar-refractivity contribution in [3.8, 4) is 0 Å². The van der Waals surface area contributed by atoms with E-state index in [9.17, 15) is 14.7 Å². The Morgan fingerprint density at radius 3 is 2.43 bits per heavy atom. The highest BCUT2D eigenvalue weighted by Crippen LogP contribution is 2.36. The standard InChI is InChI=1S/C16H25N3O4/c1-15(2,3)10-9-12(23-17-10)19-11(16(4,5)13(20)21)7-8-18(6)14(19)22/h9,11H,7-8H2,1-6H3,(H,20,21). The zero-order valence-electron chi connectivity index (χ0n) is 14.6. The van der Waals surface area contributed by atoms with Crippen molar-refractivity contribution in [1.29, 1.82) is 0 Å². The number of carbonyl (C=O) groups excluding carboxylic acids is 1. The molecule has 1 aromatic rings. The van der Waals surface area contributed by atoms with Gasteiger partial charge in [0.05, 0.1) is 17.2 Å². The molecule has 2 rings (SSSR count). The molecule has 0 bridgehead atoms. The molecule has 0 radical (unpaired) electrons. The van der Waals surface area contributed by atoms with E-state index < -0.39 is 17.4 Å². The van der Waals surface area contributed by atoms with E-state index in [4.69, 9.17) is 4.52 Å². The lowest BCUT2D eigenvalue weighted by Gasteiger charge is -2.43. The van der Waals surface area contributed by atoms with E-state index in [1.807, 2.05) is 20.8 Å². The number of carboxylic acids is 1. The summed E-state index contributed by atoms with van der Waals surface area (Å²) in [7, 11) is 1.69. The molecule has 1 fully saturated rings. The van der Waals surface area contributed by atoms with Gasteiger partial charge in [-0.15, -0.1) is 0 Å². The van der Waals surface area contributed by atoms with Crippen LogP contribution in [0.25, 0.3) is 0 Å². The molecule has 2 amide bonds. The average molecular weight is 323 g/mol. The molecule has 0 spiro atoms. The minimum atomic E-state index is -1.09. The van der Waals surface area contributed by atoms with Crippen molar-refractivity contribution in [1.82, 2.24) is 10.1 Å². The van der Waals surface area contributed by atoms with Crippen LogP contribution >= 0.6 is 0 Å². The molecule has 1 N–H and O–H groups in total. The van der Waals surface area contributed by atoms with Crippen LogP contribution in [0.4, 0.5) is 10.7 Å². The lowest BCUT2D eigenvalue weighted by molar-refractivity contribution is -0.148. The predicted molar refractivity (Wildman–Crippen MR) is 85.5 cm³/mol. The lowest BCUT2D eigenvalue weighted by Crippen LogP contribution is -2.59. The van der Waals surface area contributed by atoms with Crippen LogP contribution in [-0.2, 0) is 10.2 Å². The molecule has 2 heterocycles. The fourth-order valence-corrected chi connectivity index (χ4v) is 2.66. The Labute approximate surface area is 136 Å². The van der Waals surface area contributed by atoms with Crippen LogP contribution in [-0.4, -0.2) is 46.8 Å². The molecular formula is C16H25N3O4. The van der Waals surface area contributed by atoms with Crippen molar-refractivity contribution in [2.75, 3.05) is 18.5 Å². The maximum atomic E-state index is 12.6. The van der Waals surface area contributed by atoms with Gasteiger partial charge in [0.2, 0.25) is 5.88 Å². The molecule has 7 heteroatoms. The molecule has 1 saturated heterocycles. The van der Waals surface area contributed by atoms with Gasteiger partial charge in [-0.1, -0.05) is 25.9 Å². The third-order valence-corrected chi connectivity index (χ3v) is 4.47. The predicted octanol–water partition coefficient (Wildman–Crippen LogP) is 2.71. The van der Waals surface area contributed by atoms with E-state index in [2.05, 4.69) is 5.16 Å². The van der Waals surface area contributed by atoms with Gasteiger partial charge in [-0.2, -0.15) is 0 Å². The Bertz CT molecular complexity index is 615. The van der Waals surface area contributed by atoms with Gasteiger partial charge in [-0.3, -0.25) is 9.69 Å². The largest absolute Gasteiger partial charge is 0.481 e. The van der Waals surface area contributed by atoms with E-state index in [0.717, 1.165) is 5.69 Å². The fraction of sp³-hybridized carbons (Fsp3) is 0.688. The van der Waals surface area contributed by atoms with Crippen molar-refractivity contribution in [2.24, 2.45) is 5.41 Å². The molecule has 1 aliphatic rings. The summed E-state index contributed by atoms with van der Waals surface area (Å²) in [6.45, 7) is 9.77. The summed E-state index contributed by atoms with van der Waals surface area (Å²) < 4.78 is 5.39. The van der Waals surface area contributed by atoms with Crippen LogP contribution in [0.5, 0.6) is 0 Å². The summed E-state index contributed by atoms with van der Waals surface area (Å²) in [4.78, 5) is 27.3. The molecule has 0 aliphatic carbocycles. The number of carbonyl (C=O) groups is 2. The van der Waals surface area contributed by atoms with Gasteiger partial charge >= 0.3 is 12.0 Å². The SMILES string of the molecule is CN1CCC(C(C)(C)C(=O)O)N(c2cc(C(C)(C)C)no2)C1=O. The third kappa shape index (κ3) is 3.04. The van der Waals surface area contributed by atoms with E-state index in [1.54, 1.807) is 31.9 Å². The lowest BCUT2D eigenvalue weighted by atomic mass is 9.80. The maximum Gasteiger partial charge on any atom is 0.326 e. The summed E-state index contributed by atoms with van der Waals surface area (Å²) in [5.41, 5.74) is -0.587. The number of rotatable bonds is 3. The van der Waals surface area contributed by atoms with E-state index in [1.165, 1.54) is 4.90 Å². The van der Waals surface area contributed by atoms with Gasteiger partial charge in [0.15, 0.2) is 0 Å². The second-order valence-electron chi connectivity index (χ2n) is 7.71. The fourth-order valence-electron chi connectivity index (χ4n) is 2.66. The Balaban J connectivity index is 2.46. The Hall–Kier alpha value is -2.05. The van der Waals surface area contributed by atoms with Crippen molar-refractivity contribution >= 4 is 17.9 Å². The Morgan fingerprint density at radius 1 is 1.35 bits per heavy atom. The summed E-state index contributed by atoms with van der Waals surface area (Å²) in [5.74, 6) is -0.647. The molecule has 128 valence electrons. The summed E-state index contributed by atoms with van der Waals surface area (Å²) >= 11 is 0. The van der Waals surface area contributed by atoms with E-state index in [-0.39, 0.29) is 11.4 Å². The smallest absolute Gasteiger partial charge is 0.326 e. The molecule has 1 atom stereocenters. The van der Waals surface area contributed by atoms with Gasteiger partial charge in [0.1, 0.15) is 0 Å². The van der Waals surface area contributed by atoms with Gasteiger partial charge < -0.3 is 14.5 Å². The molecule has 1 aliphatic heterocycles. The van der Waals surface area contributed by atoms with Crippen LogP contribution < -0.4 is 4.90 Å². The number of urea groups is 1. The van der Waals surface area contributed by atoms with Crippen LogP contribution in [0.3, 0.4) is 0 Å². The quantitative estimate of drug-likeness (QED) is 0.924. The van der Waals surface area contributed by atoms with Crippen LogP contribution in [0.1, 0.15) is 46.7 Å². The van der Waals surface area contributed by atoms with Crippen molar-refractivity contribution in [2.45, 2.75) is 52.5 Å². The van der Waals surface area contributed by atoms with Crippen LogP contribution in [0, 0.1) is 5.41 Å². The molecule has 0 aromatic carbocycles. The highest BCUT2D eigenvalue weighted by molar-refractivity contribution is 5.93. The van der Waals surface area contributed by atoms with E-state index in [0.29, 0.717) is 18.8 Å². The molecule has 1 aromatic heterocycles. The summed E-state index contributed by atoms with van der Waals surface area (Å²) in [6, 6.07) is 0.957.